The molecule has 0 spiro atoms. The average molecular weight is 988 g/mol. The zero-order chi connectivity index (χ0) is 50.2. The lowest BCUT2D eigenvalue weighted by Gasteiger charge is -2.46. The van der Waals surface area contributed by atoms with E-state index in [1.807, 2.05) is 32.9 Å². The highest BCUT2D eigenvalue weighted by Gasteiger charge is 2.50. The van der Waals surface area contributed by atoms with E-state index in [0.29, 0.717) is 23.1 Å². The van der Waals surface area contributed by atoms with Gasteiger partial charge in [-0.15, -0.1) is 0 Å². The molecule has 3 aliphatic heterocycles. The van der Waals surface area contributed by atoms with Crippen LogP contribution < -0.4 is 0 Å². The lowest BCUT2D eigenvalue weighted by atomic mass is 9.88. The average Bonchev–Trinajstić information content (AvgIpc) is 3.27. The molecule has 1 aromatic carbocycles. The van der Waals surface area contributed by atoms with Crippen LogP contribution in [0, 0.1) is 5.92 Å². The maximum atomic E-state index is 13.9. The Morgan fingerprint density at radius 3 is 2.22 bits per heavy atom. The van der Waals surface area contributed by atoms with Gasteiger partial charge in [0.05, 0.1) is 47.2 Å². The van der Waals surface area contributed by atoms with Crippen LogP contribution in [0.25, 0.3) is 0 Å². The highest BCUT2D eigenvalue weighted by molar-refractivity contribution is 6.39. The van der Waals surface area contributed by atoms with Crippen molar-refractivity contribution in [3.8, 4) is 11.5 Å². The van der Waals surface area contributed by atoms with Gasteiger partial charge in [0.15, 0.2) is 30.2 Å². The predicted octanol–water partition coefficient (Wildman–Crippen LogP) is 5.03. The molecule has 0 aliphatic carbocycles. The van der Waals surface area contributed by atoms with Crippen molar-refractivity contribution in [1.82, 2.24) is 0 Å². The Morgan fingerprint density at radius 2 is 1.61 bits per heavy atom. The summed E-state index contributed by atoms with van der Waals surface area (Å²) in [6, 6.07) is 0. The molecule has 1 aromatic rings. The summed E-state index contributed by atoms with van der Waals surface area (Å²) in [6.45, 7) is 14.7. The number of rotatable bonds is 11. The highest BCUT2D eigenvalue weighted by atomic mass is 35.5. The van der Waals surface area contributed by atoms with Crippen LogP contribution >= 0.6 is 23.2 Å². The monoisotopic (exact) mass is 986 g/mol. The van der Waals surface area contributed by atoms with Gasteiger partial charge < -0.3 is 74.0 Å². The molecule has 3 aliphatic rings. The van der Waals surface area contributed by atoms with E-state index in [1.54, 1.807) is 39.8 Å². The molecule has 17 nitrogen and oxygen atoms in total. The smallest absolute Gasteiger partial charge is 0.342 e. The fraction of sp³-hybridized carbons (Fsp3) is 0.625. The first-order valence-corrected chi connectivity index (χ1v) is 23.1. The summed E-state index contributed by atoms with van der Waals surface area (Å²) in [6.07, 6.45) is -5.33. The molecule has 8 N–H and O–H groups in total. The summed E-state index contributed by atoms with van der Waals surface area (Å²) in [5.41, 5.74) is 0.400. The summed E-state index contributed by atoms with van der Waals surface area (Å²) in [5, 5.41) is 85.7. The van der Waals surface area contributed by atoms with Crippen molar-refractivity contribution in [2.45, 2.75) is 173 Å². The van der Waals surface area contributed by atoms with Gasteiger partial charge in [-0.2, -0.15) is 0 Å². The molecule has 67 heavy (non-hydrogen) atoms. The van der Waals surface area contributed by atoms with Gasteiger partial charge >= 0.3 is 11.9 Å². The highest BCUT2D eigenvalue weighted by Crippen LogP contribution is 2.45. The molecule has 0 aromatic heterocycles. The van der Waals surface area contributed by atoms with Crippen molar-refractivity contribution in [3.05, 3.63) is 79.9 Å². The number of cyclic esters (lactones) is 1. The molecule has 14 atom stereocenters. The Morgan fingerprint density at radius 1 is 0.940 bits per heavy atom. The van der Waals surface area contributed by atoms with Gasteiger partial charge in [-0.25, -0.2) is 9.59 Å². The number of allylic oxidation sites excluding steroid dienone is 4. The molecular weight excluding hydrogens is 919 g/mol. The van der Waals surface area contributed by atoms with Crippen LogP contribution in [0.4, 0.5) is 0 Å². The Hall–Kier alpha value is -3.40. The summed E-state index contributed by atoms with van der Waals surface area (Å²) in [7, 11) is 1.26. The molecule has 2 saturated heterocycles. The molecule has 4 rings (SSSR count). The van der Waals surface area contributed by atoms with E-state index in [0.717, 1.165) is 0 Å². The number of aliphatic hydroxyl groups is 6. The molecule has 2 fully saturated rings. The second kappa shape index (κ2) is 24.4. The number of ether oxygens (including phenoxy) is 7. The molecule has 0 bridgehead atoms. The van der Waals surface area contributed by atoms with Crippen LogP contribution in [0.1, 0.15) is 97.5 Å². The summed E-state index contributed by atoms with van der Waals surface area (Å²) >= 11 is 12.3. The number of phenolic OH excluding ortho intramolecular Hbond substituents is 2. The topological polar surface area (TPSA) is 261 Å². The van der Waals surface area contributed by atoms with Crippen molar-refractivity contribution in [2.24, 2.45) is 5.92 Å². The zero-order valence-electron chi connectivity index (χ0n) is 39.6. The largest absolute Gasteiger partial charge is 0.505 e. The number of hydrogen-bond donors (Lipinski definition) is 8. The van der Waals surface area contributed by atoms with E-state index < -0.39 is 126 Å². The van der Waals surface area contributed by atoms with Crippen molar-refractivity contribution in [3.63, 3.8) is 0 Å². The maximum absolute atomic E-state index is 13.9. The van der Waals surface area contributed by atoms with E-state index in [-0.39, 0.29) is 41.3 Å². The van der Waals surface area contributed by atoms with Gasteiger partial charge in [0.1, 0.15) is 47.2 Å². The fourth-order valence-corrected chi connectivity index (χ4v) is 8.70. The lowest BCUT2D eigenvalue weighted by molar-refractivity contribution is -0.331. The maximum Gasteiger partial charge on any atom is 0.342 e. The Bertz CT molecular complexity index is 2050. The number of aromatic hydroxyl groups is 2. The molecule has 1 unspecified atom stereocenters. The Balaban J connectivity index is 1.60. The first-order chi connectivity index (χ1) is 31.4. The molecule has 0 saturated carbocycles. The minimum atomic E-state index is -1.57. The third kappa shape index (κ3) is 13.5. The lowest BCUT2D eigenvalue weighted by Crippen LogP contribution is -2.63. The normalized spacial score (nSPS) is 36.6. The molecule has 19 heteroatoms. The van der Waals surface area contributed by atoms with E-state index in [2.05, 4.69) is 0 Å². The first kappa shape index (κ1) is 56.2. The third-order valence-electron chi connectivity index (χ3n) is 12.3. The number of methoxy groups -OCH3 is 1. The minimum absolute atomic E-state index is 0.0296. The van der Waals surface area contributed by atoms with E-state index in [9.17, 15) is 50.4 Å². The number of phenols is 2. The summed E-state index contributed by atoms with van der Waals surface area (Å²) in [5.74, 6) is -3.68. The van der Waals surface area contributed by atoms with Crippen molar-refractivity contribution >= 4 is 35.1 Å². The molecule has 0 radical (unpaired) electrons. The third-order valence-corrected chi connectivity index (χ3v) is 13.1. The Kier molecular flexibility index (Phi) is 20.5. The second-order valence-electron chi connectivity index (χ2n) is 17.8. The molecule has 376 valence electrons. The molecular formula is C48H68Cl2O17. The summed E-state index contributed by atoms with van der Waals surface area (Å²) in [4.78, 5) is 27.3. The Labute approximate surface area is 401 Å². The number of esters is 2. The van der Waals surface area contributed by atoms with E-state index in [1.165, 1.54) is 33.1 Å². The SMILES string of the molecule is CCc1c(Cl)c(O)c(Cl)c(O)c1C(=O)O[C@H]1[C@H](O)[C@H](OC)[C@H](OC/C2=C\C=C\C[C@H](O)/C(C)=C/[C@H](CC)[C@@H](O[C@@H]3OC(C)(C)C(O)[C@H](O)[C@@H]3O)/C(C)=C/C(C)=C/C[C@@H]([C@@H](C)O)OC2=O)O[C@@H]1C. The standard InChI is InChI=1S/C48H68Cl2O17/c1-11-27-20-23(4)30(52)16-14-13-15-28(21-62-47-42(61-10)39(57)41(26(7)63-47)65-45(60)32-29(12-2)33(49)36(54)34(50)35(32)53)44(59)64-31(25(6)51)18-17-22(3)19-24(5)40(27)66-46-38(56)37(55)43(58)48(8,9)67-46/h13-15,17,19-20,25-27,30-31,37-43,46-47,51-58H,11-12,16,18,21H2,1-10H3/b14-13+,22-17+,23-20+,24-19+,28-15+/t25-,26-,27+,30+,31+,37-,38+,39+,40+,41-,42+,43?,46-,47-/m1/s1. The van der Waals surface area contributed by atoms with Crippen LogP contribution in [-0.2, 0) is 44.4 Å². The quantitative estimate of drug-likeness (QED) is 0.107. The number of hydrogen-bond acceptors (Lipinski definition) is 17. The number of halogens is 2. The van der Waals surface area contributed by atoms with Crippen LogP contribution in [0.5, 0.6) is 11.5 Å². The fourth-order valence-electron chi connectivity index (χ4n) is 8.14. The van der Waals surface area contributed by atoms with Gasteiger partial charge in [-0.1, -0.05) is 73.0 Å². The first-order valence-electron chi connectivity index (χ1n) is 22.3. The van der Waals surface area contributed by atoms with Crippen LogP contribution in [-0.4, -0.2) is 152 Å². The number of carbonyl (C=O) groups is 2. The van der Waals surface area contributed by atoms with E-state index >= 15 is 0 Å². The number of aliphatic hydroxyl groups excluding tert-OH is 6. The summed E-state index contributed by atoms with van der Waals surface area (Å²) < 4.78 is 41.5. The zero-order valence-corrected chi connectivity index (χ0v) is 41.1. The van der Waals surface area contributed by atoms with Crippen LogP contribution in [0.3, 0.4) is 0 Å². The van der Waals surface area contributed by atoms with Gasteiger partial charge in [-0.3, -0.25) is 0 Å². The second-order valence-corrected chi connectivity index (χ2v) is 18.6. The predicted molar refractivity (Wildman–Crippen MR) is 246 cm³/mol. The number of benzene rings is 1. The van der Waals surface area contributed by atoms with Crippen LogP contribution in [0.15, 0.2) is 58.7 Å². The van der Waals surface area contributed by atoms with Crippen LogP contribution in [0.2, 0.25) is 10.0 Å². The minimum Gasteiger partial charge on any atom is -0.505 e. The van der Waals surface area contributed by atoms with Gasteiger partial charge in [0.2, 0.25) is 0 Å². The number of carbonyl (C=O) groups excluding carboxylic acids is 2. The van der Waals surface area contributed by atoms with Crippen molar-refractivity contribution < 1.29 is 83.6 Å². The molecule has 0 amide bonds. The van der Waals surface area contributed by atoms with E-state index in [4.69, 9.17) is 56.4 Å². The molecule has 3 heterocycles. The van der Waals surface area contributed by atoms with Gasteiger partial charge in [0, 0.05) is 19.4 Å². The van der Waals surface area contributed by atoms with Gasteiger partial charge in [0.25, 0.3) is 0 Å². The van der Waals surface area contributed by atoms with Crippen molar-refractivity contribution in [2.75, 3.05) is 13.7 Å². The van der Waals surface area contributed by atoms with Gasteiger partial charge in [-0.05, 0) is 90.5 Å². The van der Waals surface area contributed by atoms with Crippen molar-refractivity contribution in [1.29, 1.82) is 0 Å².